The van der Waals surface area contributed by atoms with Gasteiger partial charge >= 0.3 is 0 Å². The molecule has 2 amide bonds. The summed E-state index contributed by atoms with van der Waals surface area (Å²) in [6.45, 7) is 2.94. The Balaban J connectivity index is 1.85. The summed E-state index contributed by atoms with van der Waals surface area (Å²) in [4.78, 5) is 28.9. The number of unbranched alkanes of at least 4 members (excludes halogenated alkanes) is 1. The smallest absolute Gasteiger partial charge is 0.243 e. The van der Waals surface area contributed by atoms with Crippen molar-refractivity contribution in [1.29, 1.82) is 0 Å². The lowest BCUT2D eigenvalue weighted by Gasteiger charge is -2.31. The molecular formula is C30H34Cl2N2O3S. The maximum atomic E-state index is 13.7. The molecule has 0 spiro atoms. The second-order valence-corrected chi connectivity index (χ2v) is 10.8. The predicted octanol–water partition coefficient (Wildman–Crippen LogP) is 6.79. The molecule has 1 N–H and O–H groups in total. The average molecular weight is 574 g/mol. The van der Waals surface area contributed by atoms with E-state index in [1.807, 2.05) is 60.7 Å². The fraction of sp³-hybridized carbons (Fsp3) is 0.333. The number of carbonyl (C=O) groups excluding carboxylic acids is 2. The molecule has 38 heavy (non-hydrogen) atoms. The van der Waals surface area contributed by atoms with Crippen LogP contribution in [0.25, 0.3) is 0 Å². The van der Waals surface area contributed by atoms with E-state index in [0.717, 1.165) is 29.5 Å². The van der Waals surface area contributed by atoms with Gasteiger partial charge in [-0.3, -0.25) is 9.59 Å². The van der Waals surface area contributed by atoms with Gasteiger partial charge in [0.25, 0.3) is 0 Å². The van der Waals surface area contributed by atoms with Crippen LogP contribution < -0.4 is 10.1 Å². The molecule has 5 nitrogen and oxygen atoms in total. The summed E-state index contributed by atoms with van der Waals surface area (Å²) in [5, 5.41) is 4.19. The van der Waals surface area contributed by atoms with Crippen LogP contribution in [0.5, 0.6) is 5.75 Å². The summed E-state index contributed by atoms with van der Waals surface area (Å²) in [6.07, 6.45) is 2.27. The number of thioether (sulfide) groups is 1. The number of hydrogen-bond donors (Lipinski definition) is 1. The van der Waals surface area contributed by atoms with Crippen LogP contribution in [0.2, 0.25) is 10.0 Å². The van der Waals surface area contributed by atoms with Crippen LogP contribution in [0.1, 0.15) is 36.5 Å². The highest BCUT2D eigenvalue weighted by atomic mass is 35.5. The molecule has 0 aromatic heterocycles. The Hall–Kier alpha value is -2.67. The van der Waals surface area contributed by atoms with E-state index >= 15 is 0 Å². The fourth-order valence-corrected chi connectivity index (χ4v) is 5.47. The number of rotatable bonds is 14. The molecule has 0 unspecified atom stereocenters. The second kappa shape index (κ2) is 15.7. The Bertz CT molecular complexity index is 1190. The maximum Gasteiger partial charge on any atom is 0.243 e. The van der Waals surface area contributed by atoms with E-state index in [9.17, 15) is 9.59 Å². The molecule has 0 saturated carbocycles. The van der Waals surface area contributed by atoms with E-state index in [1.165, 1.54) is 11.8 Å². The molecule has 0 saturated heterocycles. The molecule has 0 aliphatic rings. The minimum Gasteiger partial charge on any atom is -0.497 e. The molecular weight excluding hydrogens is 539 g/mol. The van der Waals surface area contributed by atoms with Gasteiger partial charge in [-0.2, -0.15) is 0 Å². The van der Waals surface area contributed by atoms with Crippen molar-refractivity contribution in [1.82, 2.24) is 10.2 Å². The normalized spacial score (nSPS) is 11.6. The van der Waals surface area contributed by atoms with Crippen LogP contribution in [0.3, 0.4) is 0 Å². The highest BCUT2D eigenvalue weighted by molar-refractivity contribution is 7.99. The number of benzene rings is 3. The number of ether oxygens (including phenoxy) is 1. The monoisotopic (exact) mass is 572 g/mol. The highest BCUT2D eigenvalue weighted by Gasteiger charge is 2.30. The molecule has 0 fully saturated rings. The van der Waals surface area contributed by atoms with E-state index in [1.54, 1.807) is 24.1 Å². The van der Waals surface area contributed by atoms with Gasteiger partial charge < -0.3 is 15.0 Å². The van der Waals surface area contributed by atoms with Gasteiger partial charge in [0.2, 0.25) is 11.8 Å². The van der Waals surface area contributed by atoms with Crippen LogP contribution in [0, 0.1) is 0 Å². The van der Waals surface area contributed by atoms with E-state index < -0.39 is 6.04 Å². The van der Waals surface area contributed by atoms with E-state index in [2.05, 4.69) is 12.2 Å². The molecule has 0 aliphatic carbocycles. The largest absolute Gasteiger partial charge is 0.497 e. The van der Waals surface area contributed by atoms with Gasteiger partial charge in [-0.1, -0.05) is 85.1 Å². The van der Waals surface area contributed by atoms with Gasteiger partial charge in [0.15, 0.2) is 0 Å². The zero-order valence-corrected chi connectivity index (χ0v) is 24.1. The van der Waals surface area contributed by atoms with Crippen molar-refractivity contribution < 1.29 is 14.3 Å². The van der Waals surface area contributed by atoms with Crippen LogP contribution in [0.15, 0.2) is 72.8 Å². The lowest BCUT2D eigenvalue weighted by atomic mass is 10.0. The molecule has 3 aromatic carbocycles. The number of amides is 2. The lowest BCUT2D eigenvalue weighted by molar-refractivity contribution is -0.139. The molecule has 0 aliphatic heterocycles. The van der Waals surface area contributed by atoms with Crippen molar-refractivity contribution in [3.8, 4) is 5.75 Å². The summed E-state index contributed by atoms with van der Waals surface area (Å²) in [6, 6.07) is 22.1. The molecule has 3 aromatic rings. The lowest BCUT2D eigenvalue weighted by Crippen LogP contribution is -2.51. The maximum absolute atomic E-state index is 13.7. The van der Waals surface area contributed by atoms with Gasteiger partial charge in [-0.25, -0.2) is 0 Å². The van der Waals surface area contributed by atoms with Gasteiger partial charge in [0, 0.05) is 35.3 Å². The molecule has 3 rings (SSSR count). The Labute approximate surface area is 239 Å². The molecule has 0 bridgehead atoms. The first-order valence-electron chi connectivity index (χ1n) is 12.7. The predicted molar refractivity (Wildman–Crippen MR) is 158 cm³/mol. The van der Waals surface area contributed by atoms with Crippen LogP contribution in [-0.2, 0) is 28.3 Å². The van der Waals surface area contributed by atoms with Crippen molar-refractivity contribution in [3.05, 3.63) is 99.5 Å². The molecule has 0 radical (unpaired) electrons. The first-order chi connectivity index (χ1) is 18.4. The minimum absolute atomic E-state index is 0.116. The highest BCUT2D eigenvalue weighted by Crippen LogP contribution is 2.26. The molecule has 1 atom stereocenters. The Morgan fingerprint density at radius 1 is 1.00 bits per heavy atom. The second-order valence-electron chi connectivity index (χ2n) is 8.95. The number of hydrogen-bond acceptors (Lipinski definition) is 4. The third-order valence-electron chi connectivity index (χ3n) is 6.09. The quantitative estimate of drug-likeness (QED) is 0.216. The number of carbonyl (C=O) groups is 2. The zero-order valence-electron chi connectivity index (χ0n) is 21.8. The number of nitrogens with one attached hydrogen (secondary N) is 1. The van der Waals surface area contributed by atoms with Crippen molar-refractivity contribution in [2.45, 2.75) is 44.5 Å². The molecule has 0 heterocycles. The van der Waals surface area contributed by atoms with Crippen LogP contribution in [-0.4, -0.2) is 42.2 Å². The molecule has 202 valence electrons. The van der Waals surface area contributed by atoms with Gasteiger partial charge in [0.1, 0.15) is 11.8 Å². The van der Waals surface area contributed by atoms with Gasteiger partial charge in [0.05, 0.1) is 12.9 Å². The van der Waals surface area contributed by atoms with Gasteiger partial charge in [-0.15, -0.1) is 11.8 Å². The number of nitrogens with zero attached hydrogens (tertiary/aromatic N) is 1. The van der Waals surface area contributed by atoms with Crippen molar-refractivity contribution in [2.75, 3.05) is 19.4 Å². The van der Waals surface area contributed by atoms with Crippen LogP contribution in [0.4, 0.5) is 0 Å². The van der Waals surface area contributed by atoms with E-state index in [-0.39, 0.29) is 24.1 Å². The third-order valence-corrected chi connectivity index (χ3v) is 7.64. The molecule has 8 heteroatoms. The number of halogens is 2. The Morgan fingerprint density at radius 3 is 2.47 bits per heavy atom. The topological polar surface area (TPSA) is 58.6 Å². The third kappa shape index (κ3) is 9.26. The van der Waals surface area contributed by atoms with Crippen molar-refractivity contribution >= 4 is 46.8 Å². The van der Waals surface area contributed by atoms with Crippen molar-refractivity contribution in [3.63, 3.8) is 0 Å². The van der Waals surface area contributed by atoms with Crippen molar-refractivity contribution in [2.24, 2.45) is 0 Å². The Kier molecular flexibility index (Phi) is 12.3. The summed E-state index contributed by atoms with van der Waals surface area (Å²) in [5.41, 5.74) is 2.79. The first kappa shape index (κ1) is 29.9. The minimum atomic E-state index is -0.660. The Morgan fingerprint density at radius 2 is 1.76 bits per heavy atom. The van der Waals surface area contributed by atoms with Crippen LogP contribution >= 0.6 is 35.0 Å². The SMILES string of the molecule is CCCCNC(=O)[C@H](Cc1ccccc1)N(Cc1cccc(OC)c1)C(=O)CSCc1ccc(Cl)cc1Cl. The van der Waals surface area contributed by atoms with E-state index in [4.69, 9.17) is 27.9 Å². The summed E-state index contributed by atoms with van der Waals surface area (Å²) >= 11 is 13.8. The standard InChI is InChI=1S/C30H34Cl2N2O3S/c1-3-4-15-33-30(36)28(17-22-9-6-5-7-10-22)34(19-23-11-8-12-26(16-23)37-2)29(35)21-38-20-24-13-14-25(31)18-27(24)32/h5-14,16,18,28H,3-4,15,17,19-21H2,1-2H3,(H,33,36)/t28-/m0/s1. The number of methoxy groups -OCH3 is 1. The van der Waals surface area contributed by atoms with E-state index in [0.29, 0.717) is 34.5 Å². The summed E-state index contributed by atoms with van der Waals surface area (Å²) < 4.78 is 5.39. The zero-order chi connectivity index (χ0) is 27.3. The first-order valence-corrected chi connectivity index (χ1v) is 14.6. The summed E-state index contributed by atoms with van der Waals surface area (Å²) in [7, 11) is 1.61. The fourth-order valence-electron chi connectivity index (χ4n) is 4.00. The summed E-state index contributed by atoms with van der Waals surface area (Å²) in [5.74, 6) is 1.20. The average Bonchev–Trinajstić information content (AvgIpc) is 2.92. The van der Waals surface area contributed by atoms with Gasteiger partial charge in [-0.05, 0) is 47.4 Å².